The highest BCUT2D eigenvalue weighted by Crippen LogP contribution is 2.25. The van der Waals surface area contributed by atoms with E-state index in [-0.39, 0.29) is 6.04 Å². The molecule has 3 aromatic rings. The monoisotopic (exact) mass is 241 g/mol. The van der Waals surface area contributed by atoms with E-state index in [1.54, 1.807) is 6.20 Å². The Balaban J connectivity index is 2.18. The molecular formula is C13H15N5. The molecule has 0 bridgehead atoms. The Bertz CT molecular complexity index is 694. The molecule has 0 radical (unpaired) electrons. The van der Waals surface area contributed by atoms with E-state index in [2.05, 4.69) is 10.1 Å². The second-order valence-corrected chi connectivity index (χ2v) is 4.40. The van der Waals surface area contributed by atoms with Crippen molar-refractivity contribution in [2.75, 3.05) is 0 Å². The molecule has 2 aromatic heterocycles. The van der Waals surface area contributed by atoms with Crippen LogP contribution >= 0.6 is 0 Å². The number of aromatic nitrogens is 4. The molecule has 18 heavy (non-hydrogen) atoms. The van der Waals surface area contributed by atoms with E-state index in [9.17, 15) is 0 Å². The first kappa shape index (κ1) is 11.0. The van der Waals surface area contributed by atoms with Gasteiger partial charge < -0.3 is 10.3 Å². The Morgan fingerprint density at radius 1 is 1.22 bits per heavy atom. The van der Waals surface area contributed by atoms with Crippen LogP contribution in [0.2, 0.25) is 0 Å². The van der Waals surface area contributed by atoms with Crippen LogP contribution in [-0.2, 0) is 14.1 Å². The summed E-state index contributed by atoms with van der Waals surface area (Å²) in [6.07, 6.45) is 3.64. The average Bonchev–Trinajstić information content (AvgIpc) is 2.94. The molecule has 5 nitrogen and oxygen atoms in total. The molecule has 1 unspecified atom stereocenters. The summed E-state index contributed by atoms with van der Waals surface area (Å²) in [6.45, 7) is 0. The predicted octanol–water partition coefficient (Wildman–Crippen LogP) is 1.35. The SMILES string of the molecule is Cn1ccnc1C(N)c1nn(C)c2ccccc12. The third-order valence-corrected chi connectivity index (χ3v) is 3.22. The molecule has 0 amide bonds. The highest BCUT2D eigenvalue weighted by molar-refractivity contribution is 5.82. The standard InChI is InChI=1S/C13H15N5/c1-17-8-7-15-13(17)11(14)12-9-5-3-4-6-10(9)18(2)16-12/h3-8,11H,14H2,1-2H3. The smallest absolute Gasteiger partial charge is 0.131 e. The van der Waals surface area contributed by atoms with E-state index in [0.29, 0.717) is 0 Å². The van der Waals surface area contributed by atoms with Crippen LogP contribution in [0.15, 0.2) is 36.7 Å². The molecule has 0 saturated heterocycles. The first-order valence-electron chi connectivity index (χ1n) is 5.83. The molecule has 0 saturated carbocycles. The lowest BCUT2D eigenvalue weighted by Crippen LogP contribution is -2.17. The second kappa shape index (κ2) is 3.96. The van der Waals surface area contributed by atoms with Gasteiger partial charge in [0.2, 0.25) is 0 Å². The molecule has 0 aliphatic rings. The van der Waals surface area contributed by atoms with Crippen LogP contribution < -0.4 is 5.73 Å². The lowest BCUT2D eigenvalue weighted by atomic mass is 10.1. The molecule has 0 aliphatic carbocycles. The van der Waals surface area contributed by atoms with Crippen molar-refractivity contribution in [3.05, 3.63) is 48.2 Å². The summed E-state index contributed by atoms with van der Waals surface area (Å²) in [5.74, 6) is 0.818. The van der Waals surface area contributed by atoms with Gasteiger partial charge in [-0.15, -0.1) is 0 Å². The van der Waals surface area contributed by atoms with Crippen molar-refractivity contribution in [3.63, 3.8) is 0 Å². The summed E-state index contributed by atoms with van der Waals surface area (Å²) in [5, 5.41) is 5.60. The molecule has 1 aromatic carbocycles. The fraction of sp³-hybridized carbons (Fsp3) is 0.231. The molecule has 5 heteroatoms. The topological polar surface area (TPSA) is 61.7 Å². The van der Waals surface area contributed by atoms with Gasteiger partial charge in [-0.25, -0.2) is 4.98 Å². The Morgan fingerprint density at radius 3 is 2.72 bits per heavy atom. The largest absolute Gasteiger partial charge is 0.336 e. The number of imidazole rings is 1. The molecule has 1 atom stereocenters. The van der Waals surface area contributed by atoms with E-state index in [1.807, 2.05) is 53.8 Å². The zero-order chi connectivity index (χ0) is 12.7. The number of para-hydroxylation sites is 1. The van der Waals surface area contributed by atoms with Gasteiger partial charge in [0.25, 0.3) is 0 Å². The van der Waals surface area contributed by atoms with Crippen LogP contribution in [0.4, 0.5) is 0 Å². The van der Waals surface area contributed by atoms with Crippen LogP contribution in [0.1, 0.15) is 17.6 Å². The van der Waals surface area contributed by atoms with Gasteiger partial charge in [0.15, 0.2) is 0 Å². The third-order valence-electron chi connectivity index (χ3n) is 3.22. The van der Waals surface area contributed by atoms with Gasteiger partial charge in [0.05, 0.1) is 11.2 Å². The van der Waals surface area contributed by atoms with Crippen molar-refractivity contribution < 1.29 is 0 Å². The maximum absolute atomic E-state index is 6.28. The summed E-state index contributed by atoms with van der Waals surface area (Å²) in [6, 6.07) is 7.77. The van der Waals surface area contributed by atoms with E-state index >= 15 is 0 Å². The van der Waals surface area contributed by atoms with Crippen molar-refractivity contribution in [2.24, 2.45) is 19.8 Å². The normalized spacial score (nSPS) is 13.1. The minimum atomic E-state index is -0.309. The number of nitrogens with two attached hydrogens (primary N) is 1. The Hall–Kier alpha value is -2.14. The summed E-state index contributed by atoms with van der Waals surface area (Å²) in [7, 11) is 3.87. The summed E-state index contributed by atoms with van der Waals surface area (Å²) in [4.78, 5) is 4.30. The Labute approximate surface area is 105 Å². The van der Waals surface area contributed by atoms with E-state index in [4.69, 9.17) is 5.73 Å². The highest BCUT2D eigenvalue weighted by atomic mass is 15.3. The number of nitrogens with zero attached hydrogens (tertiary/aromatic N) is 4. The Kier molecular flexibility index (Phi) is 2.41. The van der Waals surface area contributed by atoms with Gasteiger partial charge in [-0.2, -0.15) is 5.10 Å². The maximum Gasteiger partial charge on any atom is 0.131 e. The number of hydrogen-bond acceptors (Lipinski definition) is 3. The van der Waals surface area contributed by atoms with Gasteiger partial charge in [-0.1, -0.05) is 18.2 Å². The zero-order valence-electron chi connectivity index (χ0n) is 10.4. The van der Waals surface area contributed by atoms with E-state index < -0.39 is 0 Å². The Morgan fingerprint density at radius 2 is 2.00 bits per heavy atom. The van der Waals surface area contributed by atoms with Crippen molar-refractivity contribution in [3.8, 4) is 0 Å². The number of fused-ring (bicyclic) bond motifs is 1. The van der Waals surface area contributed by atoms with Gasteiger partial charge in [-0.05, 0) is 6.07 Å². The average molecular weight is 241 g/mol. The quantitative estimate of drug-likeness (QED) is 0.736. The highest BCUT2D eigenvalue weighted by Gasteiger charge is 2.19. The van der Waals surface area contributed by atoms with Crippen LogP contribution in [0.25, 0.3) is 10.9 Å². The first-order valence-corrected chi connectivity index (χ1v) is 5.83. The minimum absolute atomic E-state index is 0.309. The molecule has 2 heterocycles. The molecule has 0 fully saturated rings. The fourth-order valence-corrected chi connectivity index (χ4v) is 2.27. The minimum Gasteiger partial charge on any atom is -0.336 e. The zero-order valence-corrected chi connectivity index (χ0v) is 10.4. The molecule has 3 rings (SSSR count). The van der Waals surface area contributed by atoms with Crippen molar-refractivity contribution in [1.29, 1.82) is 0 Å². The summed E-state index contributed by atoms with van der Waals surface area (Å²) < 4.78 is 3.78. The van der Waals surface area contributed by atoms with Crippen LogP contribution in [0, 0.1) is 0 Å². The van der Waals surface area contributed by atoms with Crippen LogP contribution in [-0.4, -0.2) is 19.3 Å². The molecular weight excluding hydrogens is 226 g/mol. The molecule has 92 valence electrons. The van der Waals surface area contributed by atoms with E-state index in [0.717, 1.165) is 22.4 Å². The van der Waals surface area contributed by atoms with Gasteiger partial charge in [-0.3, -0.25) is 4.68 Å². The molecule has 2 N–H and O–H groups in total. The third kappa shape index (κ3) is 1.52. The summed E-state index contributed by atoms with van der Waals surface area (Å²) >= 11 is 0. The van der Waals surface area contributed by atoms with E-state index in [1.165, 1.54) is 0 Å². The number of rotatable bonds is 2. The van der Waals surface area contributed by atoms with Gasteiger partial charge in [0, 0.05) is 31.9 Å². The number of aryl methyl sites for hydroxylation is 2. The van der Waals surface area contributed by atoms with Crippen molar-refractivity contribution >= 4 is 10.9 Å². The van der Waals surface area contributed by atoms with Crippen LogP contribution in [0.5, 0.6) is 0 Å². The number of benzene rings is 1. The first-order chi connectivity index (χ1) is 8.68. The summed E-state index contributed by atoms with van der Waals surface area (Å²) in [5.41, 5.74) is 8.23. The second-order valence-electron chi connectivity index (χ2n) is 4.40. The fourth-order valence-electron chi connectivity index (χ4n) is 2.27. The molecule has 0 spiro atoms. The molecule has 0 aliphatic heterocycles. The van der Waals surface area contributed by atoms with Gasteiger partial charge >= 0.3 is 0 Å². The van der Waals surface area contributed by atoms with Crippen molar-refractivity contribution in [1.82, 2.24) is 19.3 Å². The lowest BCUT2D eigenvalue weighted by Gasteiger charge is -2.09. The van der Waals surface area contributed by atoms with Gasteiger partial charge in [0.1, 0.15) is 11.9 Å². The number of hydrogen-bond donors (Lipinski definition) is 1. The van der Waals surface area contributed by atoms with Crippen LogP contribution in [0.3, 0.4) is 0 Å². The van der Waals surface area contributed by atoms with Crippen molar-refractivity contribution in [2.45, 2.75) is 6.04 Å². The maximum atomic E-state index is 6.28. The predicted molar refractivity (Wildman–Crippen MR) is 70.0 cm³/mol. The lowest BCUT2D eigenvalue weighted by molar-refractivity contribution is 0.675.